The van der Waals surface area contributed by atoms with Gasteiger partial charge in [-0.25, -0.2) is 0 Å². The van der Waals surface area contributed by atoms with Crippen molar-refractivity contribution in [1.29, 1.82) is 0 Å². The third-order valence-electron chi connectivity index (χ3n) is 11.9. The Hall–Kier alpha value is -2.42. The van der Waals surface area contributed by atoms with Crippen molar-refractivity contribution in [2.24, 2.45) is 0 Å². The lowest BCUT2D eigenvalue weighted by molar-refractivity contribution is -0.155. The molecule has 24 heteroatoms. The largest absolute Gasteiger partial charge is 0.393 e. The van der Waals surface area contributed by atoms with Gasteiger partial charge < -0.3 is 14.5 Å². The van der Waals surface area contributed by atoms with Gasteiger partial charge in [-0.15, -0.1) is 0 Å². The lowest BCUT2D eigenvalue weighted by atomic mass is 9.20. The molecular formula is C22H32B14ClF2N3O4. The van der Waals surface area contributed by atoms with Gasteiger partial charge in [0.1, 0.15) is 94.2 Å². The molecule has 1 fully saturated rings. The predicted octanol–water partition coefficient (Wildman–Crippen LogP) is -13.5. The number of benzene rings is 2. The molecule has 2 aromatic rings. The van der Waals surface area contributed by atoms with E-state index in [0.717, 1.165) is 21.8 Å². The van der Waals surface area contributed by atoms with E-state index in [4.69, 9.17) is 11.6 Å². The number of nitrogens with zero attached hydrogens (tertiary/aromatic N) is 3. The minimum absolute atomic E-state index is 0.278. The molecule has 46 heavy (non-hydrogen) atoms. The number of piperidine rings is 1. The van der Waals surface area contributed by atoms with Crippen LogP contribution in [0.15, 0.2) is 24.3 Å². The summed E-state index contributed by atoms with van der Waals surface area (Å²) >= 11 is 5.90. The number of hydrogen-bond donors (Lipinski definition) is 0. The molecule has 4 amide bonds. The highest BCUT2D eigenvalue weighted by Gasteiger charge is 2.68. The third-order valence-corrected chi connectivity index (χ3v) is 12.2. The predicted molar refractivity (Wildman–Crippen MR) is 217 cm³/mol. The van der Waals surface area contributed by atoms with Crippen LogP contribution in [0.3, 0.4) is 0 Å². The molecule has 1 atom stereocenters. The van der Waals surface area contributed by atoms with E-state index < -0.39 is 49.8 Å². The summed E-state index contributed by atoms with van der Waals surface area (Å²) in [5.41, 5.74) is 1.85. The first kappa shape index (κ1) is 36.4. The van der Waals surface area contributed by atoms with E-state index >= 15 is 8.78 Å². The van der Waals surface area contributed by atoms with E-state index in [1.54, 1.807) is 44.1 Å². The van der Waals surface area contributed by atoms with Gasteiger partial charge in [-0.1, -0.05) is 50.9 Å². The molecular weight excluding hydrogens is 595 g/mol. The molecule has 0 N–H and O–H groups in total. The monoisotopic (exact) mass is 629 g/mol. The van der Waals surface area contributed by atoms with Gasteiger partial charge in [0.15, 0.2) is 0 Å². The third kappa shape index (κ3) is 4.48. The zero-order chi connectivity index (χ0) is 35.5. The molecule has 0 radical (unpaired) electrons. The highest BCUT2D eigenvalue weighted by Crippen LogP contribution is 2.58. The maximum atomic E-state index is 15.6. The van der Waals surface area contributed by atoms with Crippen molar-refractivity contribution in [3.05, 3.63) is 51.5 Å². The van der Waals surface area contributed by atoms with E-state index in [1.807, 2.05) is 54.9 Å². The van der Waals surface area contributed by atoms with Gasteiger partial charge in [-0.2, -0.15) is 8.78 Å². The number of alkyl halides is 2. The summed E-state index contributed by atoms with van der Waals surface area (Å²) < 4.78 is 31.3. The van der Waals surface area contributed by atoms with Crippen LogP contribution in [-0.4, -0.2) is 154 Å². The van der Waals surface area contributed by atoms with Crippen LogP contribution >= 0.6 is 11.6 Å². The van der Waals surface area contributed by atoms with Gasteiger partial charge in [0.2, 0.25) is 27.8 Å². The van der Waals surface area contributed by atoms with Crippen LogP contribution in [0.2, 0.25) is 15.5 Å². The van der Waals surface area contributed by atoms with Gasteiger partial charge in [0.05, 0.1) is 5.44 Å². The quantitative estimate of drug-likeness (QED) is 0.244. The maximum Gasteiger partial charge on any atom is 0.348 e. The molecule has 1 saturated heterocycles. The van der Waals surface area contributed by atoms with Crippen molar-refractivity contribution in [2.75, 3.05) is 0 Å². The summed E-state index contributed by atoms with van der Waals surface area (Å²) in [5.74, 6) is -6.34. The molecule has 2 heterocycles. The van der Waals surface area contributed by atoms with E-state index in [-0.39, 0.29) is 16.8 Å². The Balaban J connectivity index is 1.92. The smallest absolute Gasteiger partial charge is 0.348 e. The average molecular weight is 627 g/mol. The average Bonchev–Trinajstić information content (AvgIpc) is 3.17. The molecule has 0 aliphatic carbocycles. The van der Waals surface area contributed by atoms with Gasteiger partial charge in [0, 0.05) is 21.5 Å². The van der Waals surface area contributed by atoms with Gasteiger partial charge >= 0.3 is 5.92 Å². The number of hydrogen-bond acceptors (Lipinski definition) is 4. The Bertz CT molecular complexity index is 1730. The summed E-state index contributed by atoms with van der Waals surface area (Å²) in [6.07, 6.45) is 0. The Morgan fingerprint density at radius 1 is 0.848 bits per heavy atom. The lowest BCUT2D eigenvalue weighted by Crippen LogP contribution is -2.78. The second kappa shape index (κ2) is 10.8. The Morgan fingerprint density at radius 2 is 1.35 bits per heavy atom. The van der Waals surface area contributed by atoms with Crippen LogP contribution in [0.25, 0.3) is 0 Å². The second-order valence-corrected chi connectivity index (χ2v) is 15.6. The number of carbonyl (C=O) groups excluding carboxylic acids is 4. The minimum Gasteiger partial charge on any atom is -0.393 e. The molecule has 7 nitrogen and oxygen atoms in total. The Labute approximate surface area is 287 Å². The molecule has 0 bridgehead atoms. The standard InChI is InChI=1S/C22H32B14ClF2N3O4/c23-10-7-8(20(29,30)41(13(7)43)19(28)16(46)40(35)15(45)18(26,27)22(19,33)34)11(24)9(12(10)25)21(31,32)42(36)14(44)17(38,39)5-1-3-6(37)4-2-5/h1-4H,23-36H2. The fourth-order valence-corrected chi connectivity index (χ4v) is 8.24. The highest BCUT2D eigenvalue weighted by molar-refractivity contribution is 6.68. The lowest BCUT2D eigenvalue weighted by Gasteiger charge is -2.64. The molecule has 1 unspecified atom stereocenters. The summed E-state index contributed by atoms with van der Waals surface area (Å²) in [5, 5.41) is -4.02. The van der Waals surface area contributed by atoms with Crippen LogP contribution in [0, 0.1) is 0 Å². The van der Waals surface area contributed by atoms with Crippen LogP contribution in [0.4, 0.5) is 8.78 Å². The molecule has 2 aliphatic rings. The SMILES string of the molecule is Bc1c(B)c(C(B)(B)N(B)C(=O)C(F)(F)c2ccc(Cl)cc2)c(B)c2c1C(=O)N(C1(B)C(=O)N(B)C(=O)C(B)(B)C1(B)B)C2(B)B. The van der Waals surface area contributed by atoms with Crippen LogP contribution in [0.1, 0.15) is 27.0 Å². The zero-order valence-electron chi connectivity index (χ0n) is 29.4. The molecule has 2 aliphatic heterocycles. The molecule has 0 saturated carbocycles. The summed E-state index contributed by atoms with van der Waals surface area (Å²) in [6, 6.07) is 4.92. The first-order valence-electron chi connectivity index (χ1n) is 15.4. The van der Waals surface area contributed by atoms with Crippen molar-refractivity contribution in [3.63, 3.8) is 0 Å². The van der Waals surface area contributed by atoms with E-state index in [9.17, 15) is 19.2 Å². The highest BCUT2D eigenvalue weighted by atomic mass is 35.5. The van der Waals surface area contributed by atoms with Gasteiger partial charge in [0.25, 0.3) is 11.8 Å². The first-order chi connectivity index (χ1) is 20.7. The van der Waals surface area contributed by atoms with Crippen LogP contribution in [0.5, 0.6) is 0 Å². The van der Waals surface area contributed by atoms with Crippen molar-refractivity contribution in [3.8, 4) is 0 Å². The van der Waals surface area contributed by atoms with E-state index in [2.05, 4.69) is 0 Å². The number of halogens is 3. The Morgan fingerprint density at radius 3 is 1.85 bits per heavy atom. The van der Waals surface area contributed by atoms with Crippen LogP contribution < -0.4 is 16.4 Å². The summed E-state index contributed by atoms with van der Waals surface area (Å²) in [6.45, 7) is 0. The maximum absolute atomic E-state index is 15.6. The molecule has 222 valence electrons. The Kier molecular flexibility index (Phi) is 8.55. The summed E-state index contributed by atoms with van der Waals surface area (Å²) in [4.78, 5) is 59.5. The fraction of sp³-hybridized carbons (Fsp3) is 0.273. The topological polar surface area (TPSA) is 78.0 Å². The number of rotatable bonds is 5. The molecule has 2 aromatic carbocycles. The minimum atomic E-state index is -3.83. The number of amides is 4. The number of imide groups is 1. The molecule has 0 aromatic heterocycles. The van der Waals surface area contributed by atoms with Gasteiger partial charge in [-0.05, 0) is 28.2 Å². The summed E-state index contributed by atoms with van der Waals surface area (Å²) in [7, 11) is 24.5. The van der Waals surface area contributed by atoms with Gasteiger partial charge in [-0.3, -0.25) is 19.2 Å². The van der Waals surface area contributed by atoms with Crippen LogP contribution in [-0.2, 0) is 31.0 Å². The van der Waals surface area contributed by atoms with E-state index in [0.29, 0.717) is 33.1 Å². The number of carbonyl (C=O) groups is 4. The van der Waals surface area contributed by atoms with Crippen molar-refractivity contribution < 1.29 is 28.0 Å². The first-order valence-corrected chi connectivity index (χ1v) is 15.8. The zero-order valence-corrected chi connectivity index (χ0v) is 30.2. The van der Waals surface area contributed by atoms with Crippen molar-refractivity contribution >= 4 is 162 Å². The van der Waals surface area contributed by atoms with Crippen molar-refractivity contribution in [1.82, 2.24) is 14.5 Å². The fourth-order valence-electron chi connectivity index (χ4n) is 8.12. The normalized spacial score (nSPS) is 22.0. The molecule has 4 rings (SSSR count). The number of fused-ring (bicyclic) bond motifs is 1. The second-order valence-electron chi connectivity index (χ2n) is 15.2. The molecule has 0 spiro atoms. The van der Waals surface area contributed by atoms with Crippen molar-refractivity contribution in [2.45, 2.75) is 32.5 Å². The van der Waals surface area contributed by atoms with E-state index in [1.165, 1.54) is 28.1 Å².